The van der Waals surface area contributed by atoms with E-state index in [0.717, 1.165) is 5.82 Å². The van der Waals surface area contributed by atoms with Crippen molar-refractivity contribution in [3.05, 3.63) is 35.8 Å². The SMILES string of the molecule is COC(=O)c1ccc(CNCc2ncn[nH]2)o1. The number of hydrogen-bond acceptors (Lipinski definition) is 6. The van der Waals surface area contributed by atoms with Crippen LogP contribution in [0.5, 0.6) is 0 Å². The summed E-state index contributed by atoms with van der Waals surface area (Å²) in [5.41, 5.74) is 0. The standard InChI is InChI=1S/C10H12N4O3/c1-16-10(15)8-3-2-7(17-8)4-11-5-9-12-6-13-14-9/h2-3,6,11H,4-5H2,1H3,(H,12,13,14). The summed E-state index contributed by atoms with van der Waals surface area (Å²) in [5, 5.41) is 9.55. The van der Waals surface area contributed by atoms with Crippen LogP contribution < -0.4 is 5.32 Å². The fourth-order valence-corrected chi connectivity index (χ4v) is 1.30. The van der Waals surface area contributed by atoms with Gasteiger partial charge in [-0.1, -0.05) is 0 Å². The van der Waals surface area contributed by atoms with E-state index in [1.165, 1.54) is 13.4 Å². The molecule has 0 radical (unpaired) electrons. The molecule has 7 nitrogen and oxygen atoms in total. The first-order valence-corrected chi connectivity index (χ1v) is 5.01. The van der Waals surface area contributed by atoms with E-state index in [-0.39, 0.29) is 5.76 Å². The highest BCUT2D eigenvalue weighted by Crippen LogP contribution is 2.08. The lowest BCUT2D eigenvalue weighted by molar-refractivity contribution is 0.0563. The van der Waals surface area contributed by atoms with Gasteiger partial charge < -0.3 is 14.5 Å². The molecule has 0 amide bonds. The van der Waals surface area contributed by atoms with Crippen LogP contribution in [0.1, 0.15) is 22.1 Å². The Morgan fingerprint density at radius 3 is 3.12 bits per heavy atom. The number of carbonyl (C=O) groups is 1. The zero-order chi connectivity index (χ0) is 12.1. The molecule has 0 aliphatic rings. The summed E-state index contributed by atoms with van der Waals surface area (Å²) in [5.74, 6) is 1.12. The van der Waals surface area contributed by atoms with Crippen LogP contribution in [0.25, 0.3) is 0 Å². The lowest BCUT2D eigenvalue weighted by atomic mass is 10.4. The first kappa shape index (κ1) is 11.3. The number of furan rings is 1. The first-order chi connectivity index (χ1) is 8.29. The van der Waals surface area contributed by atoms with Gasteiger partial charge in [0.1, 0.15) is 17.9 Å². The molecule has 0 aliphatic heterocycles. The molecule has 2 rings (SSSR count). The van der Waals surface area contributed by atoms with Crippen molar-refractivity contribution in [2.75, 3.05) is 7.11 Å². The Morgan fingerprint density at radius 2 is 2.41 bits per heavy atom. The van der Waals surface area contributed by atoms with Crippen molar-refractivity contribution in [3.8, 4) is 0 Å². The molecule has 0 atom stereocenters. The maximum absolute atomic E-state index is 11.1. The molecule has 2 aromatic heterocycles. The van der Waals surface area contributed by atoms with Crippen molar-refractivity contribution in [2.45, 2.75) is 13.1 Å². The topological polar surface area (TPSA) is 93.0 Å². The monoisotopic (exact) mass is 236 g/mol. The highest BCUT2D eigenvalue weighted by molar-refractivity contribution is 5.86. The van der Waals surface area contributed by atoms with E-state index in [1.54, 1.807) is 12.1 Å². The Hall–Kier alpha value is -2.15. The Morgan fingerprint density at radius 1 is 1.53 bits per heavy atom. The second kappa shape index (κ2) is 5.26. The predicted octanol–water partition coefficient (Wildman–Crippen LogP) is 0.474. The molecule has 0 saturated carbocycles. The zero-order valence-corrected chi connectivity index (χ0v) is 9.27. The summed E-state index contributed by atoms with van der Waals surface area (Å²) in [7, 11) is 1.31. The fourth-order valence-electron chi connectivity index (χ4n) is 1.30. The van der Waals surface area contributed by atoms with Gasteiger partial charge in [-0.2, -0.15) is 5.10 Å². The minimum atomic E-state index is -0.480. The summed E-state index contributed by atoms with van der Waals surface area (Å²) in [6.45, 7) is 1.05. The van der Waals surface area contributed by atoms with Crippen molar-refractivity contribution >= 4 is 5.97 Å². The molecule has 0 aliphatic carbocycles. The van der Waals surface area contributed by atoms with Gasteiger partial charge in [0.05, 0.1) is 20.2 Å². The van der Waals surface area contributed by atoms with E-state index in [1.807, 2.05) is 0 Å². The fraction of sp³-hybridized carbons (Fsp3) is 0.300. The Balaban J connectivity index is 1.83. The average Bonchev–Trinajstić information content (AvgIpc) is 2.99. The molecule has 2 aromatic rings. The molecule has 0 bridgehead atoms. The lowest BCUT2D eigenvalue weighted by Crippen LogP contribution is -2.13. The number of carbonyl (C=O) groups excluding carboxylic acids is 1. The highest BCUT2D eigenvalue weighted by atomic mass is 16.5. The Bertz CT molecular complexity index is 477. The van der Waals surface area contributed by atoms with Gasteiger partial charge in [-0.15, -0.1) is 0 Å². The summed E-state index contributed by atoms with van der Waals surface area (Å²) >= 11 is 0. The van der Waals surface area contributed by atoms with Crippen LogP contribution in [0.15, 0.2) is 22.9 Å². The van der Waals surface area contributed by atoms with E-state index in [4.69, 9.17) is 4.42 Å². The average molecular weight is 236 g/mol. The number of H-pyrrole nitrogens is 1. The van der Waals surface area contributed by atoms with Crippen molar-refractivity contribution in [1.82, 2.24) is 20.5 Å². The van der Waals surface area contributed by atoms with Crippen molar-refractivity contribution < 1.29 is 13.9 Å². The molecule has 0 saturated heterocycles. The molecule has 7 heteroatoms. The molecule has 0 unspecified atom stereocenters. The number of aromatic amines is 1. The molecule has 0 fully saturated rings. The maximum Gasteiger partial charge on any atom is 0.373 e. The van der Waals surface area contributed by atoms with Crippen LogP contribution in [-0.2, 0) is 17.8 Å². The Labute approximate surface area is 97.2 Å². The van der Waals surface area contributed by atoms with Crippen LogP contribution in [0, 0.1) is 0 Å². The van der Waals surface area contributed by atoms with Crippen molar-refractivity contribution in [1.29, 1.82) is 0 Å². The van der Waals surface area contributed by atoms with E-state index in [9.17, 15) is 4.79 Å². The van der Waals surface area contributed by atoms with Gasteiger partial charge in [0.15, 0.2) is 0 Å². The van der Waals surface area contributed by atoms with Crippen LogP contribution in [0.4, 0.5) is 0 Å². The summed E-state index contributed by atoms with van der Waals surface area (Å²) in [6.07, 6.45) is 1.44. The van der Waals surface area contributed by atoms with Crippen LogP contribution >= 0.6 is 0 Å². The Kier molecular flexibility index (Phi) is 3.51. The van der Waals surface area contributed by atoms with Crippen molar-refractivity contribution in [2.24, 2.45) is 0 Å². The minimum absolute atomic E-state index is 0.198. The van der Waals surface area contributed by atoms with Crippen LogP contribution in [0.2, 0.25) is 0 Å². The smallest absolute Gasteiger partial charge is 0.373 e. The van der Waals surface area contributed by atoms with Gasteiger partial charge in [0.25, 0.3) is 0 Å². The quantitative estimate of drug-likeness (QED) is 0.733. The minimum Gasteiger partial charge on any atom is -0.463 e. The van der Waals surface area contributed by atoms with E-state index in [0.29, 0.717) is 18.8 Å². The first-order valence-electron chi connectivity index (χ1n) is 5.01. The largest absolute Gasteiger partial charge is 0.463 e. The molecule has 0 aromatic carbocycles. The number of esters is 1. The number of ether oxygens (including phenoxy) is 1. The number of nitrogens with one attached hydrogen (secondary N) is 2. The van der Waals surface area contributed by atoms with Crippen LogP contribution in [0.3, 0.4) is 0 Å². The summed E-state index contributed by atoms with van der Waals surface area (Å²) in [6, 6.07) is 3.30. The molecule has 2 N–H and O–H groups in total. The third-order valence-corrected chi connectivity index (χ3v) is 2.10. The maximum atomic E-state index is 11.1. The highest BCUT2D eigenvalue weighted by Gasteiger charge is 2.10. The van der Waals surface area contributed by atoms with Gasteiger partial charge >= 0.3 is 5.97 Å². The molecule has 2 heterocycles. The number of nitrogens with zero attached hydrogens (tertiary/aromatic N) is 2. The number of rotatable bonds is 5. The van der Waals surface area contributed by atoms with Crippen molar-refractivity contribution in [3.63, 3.8) is 0 Å². The van der Waals surface area contributed by atoms with Gasteiger partial charge in [0.2, 0.25) is 5.76 Å². The van der Waals surface area contributed by atoms with Gasteiger partial charge in [-0.3, -0.25) is 5.10 Å². The molecule has 0 spiro atoms. The van der Waals surface area contributed by atoms with Crippen LogP contribution in [-0.4, -0.2) is 28.3 Å². The van der Waals surface area contributed by atoms with E-state index < -0.39 is 5.97 Å². The van der Waals surface area contributed by atoms with E-state index >= 15 is 0 Å². The van der Waals surface area contributed by atoms with Gasteiger partial charge in [-0.05, 0) is 12.1 Å². The second-order valence-electron chi connectivity index (χ2n) is 3.29. The number of aromatic nitrogens is 3. The van der Waals surface area contributed by atoms with Gasteiger partial charge in [-0.25, -0.2) is 9.78 Å². The molecule has 17 heavy (non-hydrogen) atoms. The zero-order valence-electron chi connectivity index (χ0n) is 9.27. The van der Waals surface area contributed by atoms with E-state index in [2.05, 4.69) is 25.2 Å². The third-order valence-electron chi connectivity index (χ3n) is 2.10. The summed E-state index contributed by atoms with van der Waals surface area (Å²) in [4.78, 5) is 15.1. The molecular formula is C10H12N4O3. The summed E-state index contributed by atoms with van der Waals surface area (Å²) < 4.78 is 9.81. The molecule has 90 valence electrons. The van der Waals surface area contributed by atoms with Gasteiger partial charge in [0, 0.05) is 0 Å². The predicted molar refractivity (Wildman–Crippen MR) is 57.0 cm³/mol. The second-order valence-corrected chi connectivity index (χ2v) is 3.29. The normalized spacial score (nSPS) is 10.4. The number of methoxy groups -OCH3 is 1. The number of hydrogen-bond donors (Lipinski definition) is 2. The molecular weight excluding hydrogens is 224 g/mol. The lowest BCUT2D eigenvalue weighted by Gasteiger charge is -1.99. The third kappa shape index (κ3) is 2.91.